The van der Waals surface area contributed by atoms with Gasteiger partial charge in [-0.05, 0) is 42.9 Å². The van der Waals surface area contributed by atoms with Crippen LogP contribution in [0.1, 0.15) is 19.4 Å². The molecule has 1 saturated heterocycles. The molecule has 2 atom stereocenters. The molecule has 0 aromatic carbocycles. The van der Waals surface area contributed by atoms with Gasteiger partial charge in [0.05, 0.1) is 5.88 Å². The van der Waals surface area contributed by atoms with Crippen molar-refractivity contribution in [3.8, 4) is 0 Å². The quantitative estimate of drug-likeness (QED) is 0.776. The fourth-order valence-corrected chi connectivity index (χ4v) is 3.01. The van der Waals surface area contributed by atoms with Gasteiger partial charge in [-0.3, -0.25) is 4.90 Å². The van der Waals surface area contributed by atoms with E-state index in [0.29, 0.717) is 18.0 Å². The summed E-state index contributed by atoms with van der Waals surface area (Å²) < 4.78 is 0.983. The normalized spacial score (nSPS) is 25.5. The Kier molecular flexibility index (Phi) is 4.51. The molecule has 2 unspecified atom stereocenters. The highest BCUT2D eigenvalue weighted by atomic mass is 79.9. The van der Waals surface area contributed by atoms with Gasteiger partial charge < -0.3 is 4.90 Å². The van der Waals surface area contributed by atoms with Crippen molar-refractivity contribution in [3.63, 3.8) is 0 Å². The molecule has 5 heteroatoms. The Labute approximate surface area is 122 Å². The third-order valence-electron chi connectivity index (χ3n) is 3.71. The molecule has 0 saturated carbocycles. The summed E-state index contributed by atoms with van der Waals surface area (Å²) in [6.45, 7) is 6.50. The zero-order chi connectivity index (χ0) is 13.3. The first-order valence-corrected chi connectivity index (χ1v) is 7.53. The van der Waals surface area contributed by atoms with Gasteiger partial charge in [0, 0.05) is 41.4 Å². The molecule has 3 nitrogen and oxygen atoms in total. The molecule has 0 aliphatic carbocycles. The summed E-state index contributed by atoms with van der Waals surface area (Å²) in [5.74, 6) is 1.52. The van der Waals surface area contributed by atoms with E-state index in [1.165, 1.54) is 0 Å². The molecule has 1 aliphatic rings. The first kappa shape index (κ1) is 14.1. The first-order valence-electron chi connectivity index (χ1n) is 6.20. The van der Waals surface area contributed by atoms with Gasteiger partial charge in [-0.15, -0.1) is 11.6 Å². The number of likely N-dealkylation sites (N-methyl/N-ethyl adjacent to an activating group) is 1. The molecule has 2 heterocycles. The van der Waals surface area contributed by atoms with Gasteiger partial charge in [0.15, 0.2) is 0 Å². The van der Waals surface area contributed by atoms with Crippen LogP contribution in [0.25, 0.3) is 0 Å². The maximum absolute atomic E-state index is 6.03. The predicted octanol–water partition coefficient (Wildman–Crippen LogP) is 3.11. The standard InChI is InChI=1S/C13H19BrClN3/c1-9-7-18(8-10(2)17(9)3)13-11(5-15)4-12(14)6-16-13/h4,6,9-10H,5,7-8H2,1-3H3. The monoisotopic (exact) mass is 331 g/mol. The van der Waals surface area contributed by atoms with Gasteiger partial charge in [0.2, 0.25) is 0 Å². The number of aromatic nitrogens is 1. The van der Waals surface area contributed by atoms with Gasteiger partial charge in [-0.1, -0.05) is 0 Å². The molecule has 2 rings (SSSR count). The Hall–Kier alpha value is -0.320. The summed E-state index contributed by atoms with van der Waals surface area (Å²) in [6.07, 6.45) is 1.85. The minimum absolute atomic E-state index is 0.497. The van der Waals surface area contributed by atoms with E-state index in [1.807, 2.05) is 6.20 Å². The lowest BCUT2D eigenvalue weighted by molar-refractivity contribution is 0.169. The van der Waals surface area contributed by atoms with Gasteiger partial charge in [-0.25, -0.2) is 4.98 Å². The molecular formula is C13H19BrClN3. The smallest absolute Gasteiger partial charge is 0.133 e. The lowest BCUT2D eigenvalue weighted by Crippen LogP contribution is -2.55. The van der Waals surface area contributed by atoms with Crippen LogP contribution in [-0.2, 0) is 5.88 Å². The number of halogens is 2. The Morgan fingerprint density at radius 3 is 2.56 bits per heavy atom. The summed E-state index contributed by atoms with van der Waals surface area (Å²) in [7, 11) is 2.18. The predicted molar refractivity (Wildman–Crippen MR) is 80.4 cm³/mol. The van der Waals surface area contributed by atoms with E-state index in [-0.39, 0.29) is 0 Å². The molecule has 0 N–H and O–H groups in total. The van der Waals surface area contributed by atoms with Crippen molar-refractivity contribution >= 4 is 33.3 Å². The molecule has 0 bridgehead atoms. The highest BCUT2D eigenvalue weighted by Crippen LogP contribution is 2.26. The number of alkyl halides is 1. The maximum atomic E-state index is 6.03. The fourth-order valence-electron chi connectivity index (χ4n) is 2.43. The van der Waals surface area contributed by atoms with Crippen LogP contribution in [0.15, 0.2) is 16.7 Å². The second kappa shape index (κ2) is 5.76. The Morgan fingerprint density at radius 2 is 2.00 bits per heavy atom. The SMILES string of the molecule is CC1CN(c2ncc(Br)cc2CCl)CC(C)N1C. The number of anilines is 1. The van der Waals surface area contributed by atoms with Crippen LogP contribution < -0.4 is 4.90 Å². The number of piperazine rings is 1. The van der Waals surface area contributed by atoms with Crippen LogP contribution in [0.5, 0.6) is 0 Å². The summed E-state index contributed by atoms with van der Waals surface area (Å²) in [4.78, 5) is 9.30. The van der Waals surface area contributed by atoms with Gasteiger partial charge in [-0.2, -0.15) is 0 Å². The minimum atomic E-state index is 0.497. The second-order valence-electron chi connectivity index (χ2n) is 5.04. The van der Waals surface area contributed by atoms with Gasteiger partial charge >= 0.3 is 0 Å². The summed E-state index contributed by atoms with van der Waals surface area (Å²) in [5.41, 5.74) is 1.09. The Morgan fingerprint density at radius 1 is 1.39 bits per heavy atom. The van der Waals surface area contributed by atoms with E-state index >= 15 is 0 Å². The van der Waals surface area contributed by atoms with Crippen molar-refractivity contribution in [3.05, 3.63) is 22.3 Å². The van der Waals surface area contributed by atoms with Crippen molar-refractivity contribution in [1.82, 2.24) is 9.88 Å². The molecule has 0 amide bonds. The Bertz CT molecular complexity index is 415. The van der Waals surface area contributed by atoms with Crippen molar-refractivity contribution in [2.24, 2.45) is 0 Å². The molecule has 1 fully saturated rings. The summed E-state index contributed by atoms with van der Waals surface area (Å²) in [5, 5.41) is 0. The van der Waals surface area contributed by atoms with E-state index in [4.69, 9.17) is 11.6 Å². The lowest BCUT2D eigenvalue weighted by Gasteiger charge is -2.43. The van der Waals surface area contributed by atoms with Crippen LogP contribution >= 0.6 is 27.5 Å². The van der Waals surface area contributed by atoms with Crippen molar-refractivity contribution in [2.75, 3.05) is 25.0 Å². The molecule has 0 radical (unpaired) electrons. The third kappa shape index (κ3) is 2.81. The van der Waals surface area contributed by atoms with E-state index in [9.17, 15) is 0 Å². The van der Waals surface area contributed by atoms with E-state index in [1.54, 1.807) is 0 Å². The zero-order valence-electron chi connectivity index (χ0n) is 11.0. The minimum Gasteiger partial charge on any atom is -0.353 e. The molecule has 18 heavy (non-hydrogen) atoms. The largest absolute Gasteiger partial charge is 0.353 e. The van der Waals surface area contributed by atoms with E-state index in [0.717, 1.165) is 28.9 Å². The number of rotatable bonds is 2. The van der Waals surface area contributed by atoms with Crippen molar-refractivity contribution in [2.45, 2.75) is 31.8 Å². The highest BCUT2D eigenvalue weighted by molar-refractivity contribution is 9.10. The molecular weight excluding hydrogens is 314 g/mol. The molecule has 1 aromatic rings. The molecule has 100 valence electrons. The number of hydrogen-bond acceptors (Lipinski definition) is 3. The average molecular weight is 333 g/mol. The van der Waals surface area contributed by atoms with Gasteiger partial charge in [0.1, 0.15) is 5.82 Å². The second-order valence-corrected chi connectivity index (χ2v) is 6.22. The van der Waals surface area contributed by atoms with Crippen LogP contribution in [0, 0.1) is 0 Å². The molecule has 1 aliphatic heterocycles. The maximum Gasteiger partial charge on any atom is 0.133 e. The first-order chi connectivity index (χ1) is 8.52. The number of hydrogen-bond donors (Lipinski definition) is 0. The van der Waals surface area contributed by atoms with Crippen LogP contribution in [0.3, 0.4) is 0 Å². The fraction of sp³-hybridized carbons (Fsp3) is 0.615. The van der Waals surface area contributed by atoms with Crippen molar-refractivity contribution < 1.29 is 0 Å². The topological polar surface area (TPSA) is 19.4 Å². The summed E-state index contributed by atoms with van der Waals surface area (Å²) in [6, 6.07) is 3.12. The van der Waals surface area contributed by atoms with Gasteiger partial charge in [0.25, 0.3) is 0 Å². The molecule has 1 aromatic heterocycles. The molecule has 0 spiro atoms. The third-order valence-corrected chi connectivity index (χ3v) is 4.43. The van der Waals surface area contributed by atoms with Crippen LogP contribution in [-0.4, -0.2) is 42.1 Å². The summed E-state index contributed by atoms with van der Waals surface area (Å²) >= 11 is 9.47. The number of nitrogens with zero attached hydrogens (tertiary/aromatic N) is 3. The van der Waals surface area contributed by atoms with Crippen LogP contribution in [0.4, 0.5) is 5.82 Å². The van der Waals surface area contributed by atoms with Crippen LogP contribution in [0.2, 0.25) is 0 Å². The average Bonchev–Trinajstić information content (AvgIpc) is 2.35. The van der Waals surface area contributed by atoms with E-state index < -0.39 is 0 Å². The van der Waals surface area contributed by atoms with Crippen molar-refractivity contribution in [1.29, 1.82) is 0 Å². The Balaban J connectivity index is 2.26. The zero-order valence-corrected chi connectivity index (χ0v) is 13.4. The highest BCUT2D eigenvalue weighted by Gasteiger charge is 2.28. The van der Waals surface area contributed by atoms with E-state index in [2.05, 4.69) is 57.7 Å². The lowest BCUT2D eigenvalue weighted by atomic mass is 10.1. The number of pyridine rings is 1.